The molecular weight excluding hydrogens is 198 g/mol. The fourth-order valence-corrected chi connectivity index (χ4v) is 1.47. The van der Waals surface area contributed by atoms with Crippen molar-refractivity contribution in [1.82, 2.24) is 0 Å². The minimum Gasteiger partial charge on any atom is -0.371 e. The summed E-state index contributed by atoms with van der Waals surface area (Å²) in [6, 6.07) is 0. The van der Waals surface area contributed by atoms with Crippen LogP contribution in [0.4, 0.5) is 0 Å². The van der Waals surface area contributed by atoms with Crippen LogP contribution in [0, 0.1) is 0 Å². The van der Waals surface area contributed by atoms with Gasteiger partial charge in [0.05, 0.1) is 0 Å². The highest BCUT2D eigenvalue weighted by atomic mass is 79.9. The van der Waals surface area contributed by atoms with E-state index in [9.17, 15) is 0 Å². The molecule has 1 aliphatic rings. The average molecular weight is 206 g/mol. The van der Waals surface area contributed by atoms with Crippen molar-refractivity contribution < 1.29 is 4.74 Å². The Labute approximate surface area is 67.3 Å². The zero-order valence-electron chi connectivity index (χ0n) is 5.40. The summed E-state index contributed by atoms with van der Waals surface area (Å²) in [4.78, 5) is 2.87. The molecular formula is C5H8BrN3O. The van der Waals surface area contributed by atoms with Gasteiger partial charge in [0, 0.05) is 16.3 Å². The Morgan fingerprint density at radius 1 is 1.70 bits per heavy atom. The van der Waals surface area contributed by atoms with Crippen molar-refractivity contribution >= 4 is 15.9 Å². The summed E-state index contributed by atoms with van der Waals surface area (Å²) in [5.74, 6) is 0. The van der Waals surface area contributed by atoms with Gasteiger partial charge in [0.1, 0.15) is 6.23 Å². The molecule has 0 bridgehead atoms. The van der Waals surface area contributed by atoms with Crippen molar-refractivity contribution in [2.45, 2.75) is 23.9 Å². The van der Waals surface area contributed by atoms with E-state index in [-0.39, 0.29) is 11.1 Å². The fourth-order valence-electron chi connectivity index (χ4n) is 0.886. The van der Waals surface area contributed by atoms with Gasteiger partial charge in [-0.2, -0.15) is 0 Å². The average Bonchev–Trinajstić information content (AvgIpc) is 1.94. The first-order valence-corrected chi connectivity index (χ1v) is 4.06. The third-order valence-corrected chi connectivity index (χ3v) is 2.30. The molecule has 10 heavy (non-hydrogen) atoms. The van der Waals surface area contributed by atoms with Gasteiger partial charge in [-0.3, -0.25) is 0 Å². The molecule has 0 amide bonds. The molecule has 56 valence electrons. The SMILES string of the molecule is [N-]=[N+]=N[C@H]1OCCC[C@@H]1Br. The van der Waals surface area contributed by atoms with Gasteiger partial charge in [0.2, 0.25) is 0 Å². The third kappa shape index (κ3) is 1.87. The van der Waals surface area contributed by atoms with Crippen LogP contribution in [0.3, 0.4) is 0 Å². The summed E-state index contributed by atoms with van der Waals surface area (Å²) >= 11 is 3.37. The molecule has 5 heteroatoms. The van der Waals surface area contributed by atoms with Crippen LogP contribution in [0.2, 0.25) is 0 Å². The summed E-state index contributed by atoms with van der Waals surface area (Å²) in [5, 5.41) is 3.48. The van der Waals surface area contributed by atoms with E-state index in [0.29, 0.717) is 6.61 Å². The Morgan fingerprint density at radius 3 is 3.10 bits per heavy atom. The molecule has 0 aliphatic carbocycles. The predicted molar refractivity (Wildman–Crippen MR) is 40.8 cm³/mol. The van der Waals surface area contributed by atoms with Gasteiger partial charge in [-0.05, 0) is 18.4 Å². The van der Waals surface area contributed by atoms with Crippen molar-refractivity contribution in [3.05, 3.63) is 10.4 Å². The van der Waals surface area contributed by atoms with Crippen LogP contribution in [-0.2, 0) is 4.74 Å². The third-order valence-electron chi connectivity index (χ3n) is 1.39. The topological polar surface area (TPSA) is 58.0 Å². The van der Waals surface area contributed by atoms with E-state index in [1.807, 2.05) is 0 Å². The van der Waals surface area contributed by atoms with Crippen molar-refractivity contribution in [3.8, 4) is 0 Å². The number of hydrogen-bond acceptors (Lipinski definition) is 2. The molecule has 0 aromatic carbocycles. The molecule has 1 fully saturated rings. The number of rotatable bonds is 1. The smallest absolute Gasteiger partial charge is 0.148 e. The van der Waals surface area contributed by atoms with Gasteiger partial charge < -0.3 is 4.74 Å². The lowest BCUT2D eigenvalue weighted by Crippen LogP contribution is -2.27. The highest BCUT2D eigenvalue weighted by Gasteiger charge is 2.21. The molecule has 1 rings (SSSR count). The zero-order chi connectivity index (χ0) is 7.40. The Kier molecular flexibility index (Phi) is 2.99. The number of hydrogen-bond donors (Lipinski definition) is 0. The highest BCUT2D eigenvalue weighted by molar-refractivity contribution is 9.09. The lowest BCUT2D eigenvalue weighted by Gasteiger charge is -2.23. The Balaban J connectivity index is 2.47. The molecule has 1 aliphatic heterocycles. The Bertz CT molecular complexity index is 157. The molecule has 0 radical (unpaired) electrons. The maximum absolute atomic E-state index is 8.09. The standard InChI is InChI=1S/C5H8BrN3O/c6-4-2-1-3-10-5(4)8-9-7/h4-5H,1-3H2/t4-,5-/m0/s1. The molecule has 0 unspecified atom stereocenters. The van der Waals surface area contributed by atoms with Gasteiger partial charge in [0.25, 0.3) is 0 Å². The van der Waals surface area contributed by atoms with Crippen molar-refractivity contribution in [3.63, 3.8) is 0 Å². The molecule has 0 N–H and O–H groups in total. The largest absolute Gasteiger partial charge is 0.371 e. The van der Waals surface area contributed by atoms with Crippen molar-refractivity contribution in [1.29, 1.82) is 0 Å². The normalized spacial score (nSPS) is 32.9. The van der Waals surface area contributed by atoms with Gasteiger partial charge in [-0.15, -0.1) is 0 Å². The number of ether oxygens (including phenoxy) is 1. The summed E-state index contributed by atoms with van der Waals surface area (Å²) in [7, 11) is 0. The Hall–Kier alpha value is -0.250. The van der Waals surface area contributed by atoms with E-state index in [1.54, 1.807) is 0 Å². The van der Waals surface area contributed by atoms with Crippen molar-refractivity contribution in [2.75, 3.05) is 6.61 Å². The molecule has 1 saturated heterocycles. The van der Waals surface area contributed by atoms with Crippen LogP contribution < -0.4 is 0 Å². The summed E-state index contributed by atoms with van der Waals surface area (Å²) < 4.78 is 5.16. The van der Waals surface area contributed by atoms with Crippen molar-refractivity contribution in [2.24, 2.45) is 5.11 Å². The zero-order valence-corrected chi connectivity index (χ0v) is 6.99. The number of alkyl halides is 1. The van der Waals surface area contributed by atoms with E-state index in [4.69, 9.17) is 10.3 Å². The summed E-state index contributed by atoms with van der Waals surface area (Å²) in [5.41, 5.74) is 8.09. The van der Waals surface area contributed by atoms with Gasteiger partial charge in [-0.1, -0.05) is 21.0 Å². The minimum absolute atomic E-state index is 0.192. The van der Waals surface area contributed by atoms with E-state index in [2.05, 4.69) is 26.0 Å². The lowest BCUT2D eigenvalue weighted by atomic mass is 10.2. The summed E-state index contributed by atoms with van der Waals surface area (Å²) in [6.07, 6.45) is 1.75. The predicted octanol–water partition coefficient (Wildman–Crippen LogP) is 2.20. The quantitative estimate of drug-likeness (QED) is 0.280. The molecule has 0 aromatic rings. The fraction of sp³-hybridized carbons (Fsp3) is 1.00. The maximum atomic E-state index is 8.09. The number of nitrogens with zero attached hydrogens (tertiary/aromatic N) is 3. The minimum atomic E-state index is -0.307. The van der Waals surface area contributed by atoms with Gasteiger partial charge in [-0.25, -0.2) is 0 Å². The molecule has 2 atom stereocenters. The van der Waals surface area contributed by atoms with E-state index in [1.165, 1.54) is 0 Å². The number of azide groups is 1. The first-order valence-electron chi connectivity index (χ1n) is 3.14. The first-order chi connectivity index (χ1) is 4.84. The molecule has 4 nitrogen and oxygen atoms in total. The molecule has 0 spiro atoms. The molecule has 0 saturated carbocycles. The van der Waals surface area contributed by atoms with Crippen LogP contribution in [0.1, 0.15) is 12.8 Å². The van der Waals surface area contributed by atoms with Crippen LogP contribution in [-0.4, -0.2) is 17.7 Å². The lowest BCUT2D eigenvalue weighted by molar-refractivity contribution is 0.0276. The van der Waals surface area contributed by atoms with Crippen LogP contribution >= 0.6 is 15.9 Å². The van der Waals surface area contributed by atoms with Gasteiger partial charge in [0.15, 0.2) is 0 Å². The van der Waals surface area contributed by atoms with E-state index < -0.39 is 0 Å². The first kappa shape index (κ1) is 7.85. The monoisotopic (exact) mass is 205 g/mol. The van der Waals surface area contributed by atoms with Gasteiger partial charge >= 0.3 is 0 Å². The second-order valence-corrected chi connectivity index (χ2v) is 3.30. The van der Waals surface area contributed by atoms with Crippen LogP contribution in [0.15, 0.2) is 5.11 Å². The van der Waals surface area contributed by atoms with E-state index >= 15 is 0 Å². The van der Waals surface area contributed by atoms with Crippen LogP contribution in [0.5, 0.6) is 0 Å². The summed E-state index contributed by atoms with van der Waals surface area (Å²) in [6.45, 7) is 0.700. The number of halogens is 1. The second-order valence-electron chi connectivity index (χ2n) is 2.12. The maximum Gasteiger partial charge on any atom is 0.148 e. The molecule has 0 aromatic heterocycles. The molecule has 1 heterocycles. The van der Waals surface area contributed by atoms with Crippen LogP contribution in [0.25, 0.3) is 10.4 Å². The second kappa shape index (κ2) is 3.81. The highest BCUT2D eigenvalue weighted by Crippen LogP contribution is 2.21. The van der Waals surface area contributed by atoms with E-state index in [0.717, 1.165) is 12.8 Å². The Morgan fingerprint density at radius 2 is 2.50 bits per heavy atom.